The Morgan fingerprint density at radius 2 is 1.85 bits per heavy atom. The highest BCUT2D eigenvalue weighted by molar-refractivity contribution is 6.07. The van der Waals surface area contributed by atoms with Crippen LogP contribution in [0.2, 0.25) is 0 Å². The summed E-state index contributed by atoms with van der Waals surface area (Å²) in [5, 5.41) is 14.0. The molecule has 0 spiro atoms. The number of nitrogens with zero attached hydrogens (tertiary/aromatic N) is 1. The minimum atomic E-state index is -1.18. The Kier molecular flexibility index (Phi) is 4.43. The first-order valence-corrected chi connectivity index (χ1v) is 8.50. The zero-order valence-corrected chi connectivity index (χ0v) is 14.6. The van der Waals surface area contributed by atoms with E-state index in [2.05, 4.69) is 10.6 Å². The molecule has 138 valence electrons. The fourth-order valence-electron chi connectivity index (χ4n) is 3.45. The van der Waals surface area contributed by atoms with E-state index in [1.807, 2.05) is 6.92 Å². The molecule has 0 saturated carbocycles. The van der Waals surface area contributed by atoms with Gasteiger partial charge in [-0.15, -0.1) is 0 Å². The number of urea groups is 1. The van der Waals surface area contributed by atoms with Crippen LogP contribution in [-0.2, 0) is 15.1 Å². The standard InChI is InChI=1S/C18H21N3O5/c1-10-3-4-12(15(23)24)9-21(10)14(22)11-5-7-13(8-6-11)18(2)16(25)19-17(26)20-18/h5-8,10,12H,3-4,9H2,1-2H3,(H,23,24)(H2,19,20,25,26). The molecule has 2 saturated heterocycles. The van der Waals surface area contributed by atoms with Crippen LogP contribution >= 0.6 is 0 Å². The van der Waals surface area contributed by atoms with Crippen molar-refractivity contribution >= 4 is 23.8 Å². The molecule has 1 aromatic rings. The molecule has 8 nitrogen and oxygen atoms in total. The van der Waals surface area contributed by atoms with Crippen LogP contribution in [-0.4, -0.2) is 46.4 Å². The van der Waals surface area contributed by atoms with Gasteiger partial charge < -0.3 is 15.3 Å². The molecular formula is C18H21N3O5. The molecular weight excluding hydrogens is 338 g/mol. The van der Waals surface area contributed by atoms with Crippen LogP contribution in [0.4, 0.5) is 4.79 Å². The van der Waals surface area contributed by atoms with Crippen molar-refractivity contribution in [2.45, 2.75) is 38.3 Å². The molecule has 8 heteroatoms. The van der Waals surface area contributed by atoms with Crippen molar-refractivity contribution in [1.29, 1.82) is 0 Å². The summed E-state index contributed by atoms with van der Waals surface area (Å²) in [6, 6.07) is 5.86. The number of hydrogen-bond acceptors (Lipinski definition) is 4. The Morgan fingerprint density at radius 1 is 1.19 bits per heavy atom. The van der Waals surface area contributed by atoms with Crippen molar-refractivity contribution in [3.63, 3.8) is 0 Å². The van der Waals surface area contributed by atoms with Gasteiger partial charge in [0.05, 0.1) is 5.92 Å². The van der Waals surface area contributed by atoms with E-state index in [-0.39, 0.29) is 18.5 Å². The lowest BCUT2D eigenvalue weighted by Gasteiger charge is -2.36. The largest absolute Gasteiger partial charge is 0.481 e. The fraction of sp³-hybridized carbons (Fsp3) is 0.444. The van der Waals surface area contributed by atoms with E-state index < -0.39 is 29.4 Å². The van der Waals surface area contributed by atoms with Crippen LogP contribution < -0.4 is 10.6 Å². The molecule has 1 aromatic carbocycles. The molecule has 2 fully saturated rings. The number of imide groups is 1. The van der Waals surface area contributed by atoms with Crippen LogP contribution in [0.25, 0.3) is 0 Å². The van der Waals surface area contributed by atoms with Crippen molar-refractivity contribution in [1.82, 2.24) is 15.5 Å². The summed E-state index contributed by atoms with van der Waals surface area (Å²) in [6.45, 7) is 3.69. The van der Waals surface area contributed by atoms with Gasteiger partial charge in [-0.3, -0.25) is 19.7 Å². The maximum Gasteiger partial charge on any atom is 0.322 e. The number of carboxylic acid groups (broad SMARTS) is 1. The summed E-state index contributed by atoms with van der Waals surface area (Å²) in [5.41, 5.74) is -0.196. The van der Waals surface area contributed by atoms with E-state index in [9.17, 15) is 24.3 Å². The molecule has 2 aliphatic heterocycles. The van der Waals surface area contributed by atoms with Crippen molar-refractivity contribution in [2.75, 3.05) is 6.54 Å². The number of carbonyl (C=O) groups is 4. The first-order chi connectivity index (χ1) is 12.2. The first kappa shape index (κ1) is 17.9. The number of carboxylic acids is 1. The third kappa shape index (κ3) is 3.02. The Labute approximate surface area is 150 Å². The normalized spacial score (nSPS) is 28.5. The van der Waals surface area contributed by atoms with Crippen molar-refractivity contribution in [3.05, 3.63) is 35.4 Å². The second-order valence-corrected chi connectivity index (χ2v) is 7.03. The van der Waals surface area contributed by atoms with Crippen LogP contribution in [0.3, 0.4) is 0 Å². The maximum atomic E-state index is 12.8. The maximum absolute atomic E-state index is 12.8. The van der Waals surface area contributed by atoms with Crippen LogP contribution in [0, 0.1) is 5.92 Å². The summed E-state index contributed by atoms with van der Waals surface area (Å²) >= 11 is 0. The molecule has 2 aliphatic rings. The van der Waals surface area contributed by atoms with Crippen LogP contribution in [0.15, 0.2) is 24.3 Å². The van der Waals surface area contributed by atoms with E-state index in [1.54, 1.807) is 36.1 Å². The number of amides is 4. The van der Waals surface area contributed by atoms with E-state index in [0.717, 1.165) is 0 Å². The molecule has 0 bridgehead atoms. The van der Waals surface area contributed by atoms with Gasteiger partial charge in [0.2, 0.25) is 0 Å². The average molecular weight is 359 g/mol. The molecule has 3 unspecified atom stereocenters. The van der Waals surface area contributed by atoms with Crippen LogP contribution in [0.1, 0.15) is 42.6 Å². The Bertz CT molecular complexity index is 776. The van der Waals surface area contributed by atoms with E-state index in [0.29, 0.717) is 24.0 Å². The van der Waals surface area contributed by atoms with Gasteiger partial charge in [-0.05, 0) is 44.4 Å². The summed E-state index contributed by atoms with van der Waals surface area (Å²) in [5.74, 6) is -2.12. The Hall–Kier alpha value is -2.90. The molecule has 2 heterocycles. The molecule has 26 heavy (non-hydrogen) atoms. The van der Waals surface area contributed by atoms with Gasteiger partial charge in [0, 0.05) is 18.2 Å². The van der Waals surface area contributed by atoms with Crippen molar-refractivity contribution in [3.8, 4) is 0 Å². The Balaban J connectivity index is 1.80. The van der Waals surface area contributed by atoms with E-state index in [1.165, 1.54) is 0 Å². The monoisotopic (exact) mass is 359 g/mol. The molecule has 3 atom stereocenters. The topological polar surface area (TPSA) is 116 Å². The molecule has 0 aromatic heterocycles. The number of aliphatic carboxylic acids is 1. The zero-order chi connectivity index (χ0) is 19.1. The molecule has 0 aliphatic carbocycles. The molecule has 4 amide bonds. The number of piperidine rings is 1. The van der Waals surface area contributed by atoms with Gasteiger partial charge in [0.15, 0.2) is 0 Å². The van der Waals surface area contributed by atoms with Gasteiger partial charge >= 0.3 is 12.0 Å². The highest BCUT2D eigenvalue weighted by atomic mass is 16.4. The number of benzene rings is 1. The predicted molar refractivity (Wildman–Crippen MR) is 91.3 cm³/mol. The third-order valence-electron chi connectivity index (χ3n) is 5.25. The second-order valence-electron chi connectivity index (χ2n) is 7.03. The average Bonchev–Trinajstić information content (AvgIpc) is 2.87. The highest BCUT2D eigenvalue weighted by Crippen LogP contribution is 2.27. The summed E-state index contributed by atoms with van der Waals surface area (Å²) in [7, 11) is 0. The summed E-state index contributed by atoms with van der Waals surface area (Å²) in [4.78, 5) is 49.0. The summed E-state index contributed by atoms with van der Waals surface area (Å²) in [6.07, 6.45) is 1.21. The number of carbonyl (C=O) groups excluding carboxylic acids is 3. The number of rotatable bonds is 3. The third-order valence-corrected chi connectivity index (χ3v) is 5.25. The highest BCUT2D eigenvalue weighted by Gasteiger charge is 2.43. The molecule has 3 N–H and O–H groups in total. The summed E-state index contributed by atoms with van der Waals surface area (Å²) < 4.78 is 0. The number of nitrogens with one attached hydrogen (secondary N) is 2. The minimum Gasteiger partial charge on any atom is -0.481 e. The lowest BCUT2D eigenvalue weighted by Crippen LogP contribution is -2.47. The lowest BCUT2D eigenvalue weighted by atomic mass is 9.90. The van der Waals surface area contributed by atoms with Gasteiger partial charge in [-0.1, -0.05) is 12.1 Å². The van der Waals surface area contributed by atoms with Crippen molar-refractivity contribution in [2.24, 2.45) is 5.92 Å². The fourth-order valence-corrected chi connectivity index (χ4v) is 3.45. The van der Waals surface area contributed by atoms with Gasteiger partial charge in [-0.2, -0.15) is 0 Å². The smallest absolute Gasteiger partial charge is 0.322 e. The zero-order valence-electron chi connectivity index (χ0n) is 14.6. The lowest BCUT2D eigenvalue weighted by molar-refractivity contribution is -0.143. The second kappa shape index (κ2) is 6.44. The SMILES string of the molecule is CC1CCC(C(=O)O)CN1C(=O)c1ccc(C2(C)NC(=O)NC2=O)cc1. The van der Waals surface area contributed by atoms with Crippen molar-refractivity contribution < 1.29 is 24.3 Å². The Morgan fingerprint density at radius 3 is 2.38 bits per heavy atom. The van der Waals surface area contributed by atoms with Gasteiger partial charge in [-0.25, -0.2) is 4.79 Å². The van der Waals surface area contributed by atoms with E-state index >= 15 is 0 Å². The number of hydrogen-bond donors (Lipinski definition) is 3. The quantitative estimate of drug-likeness (QED) is 0.698. The van der Waals surface area contributed by atoms with Gasteiger partial charge in [0.25, 0.3) is 11.8 Å². The van der Waals surface area contributed by atoms with E-state index in [4.69, 9.17) is 0 Å². The predicted octanol–water partition coefficient (Wildman–Crippen LogP) is 1.07. The molecule has 0 radical (unpaired) electrons. The number of likely N-dealkylation sites (tertiary alicyclic amines) is 1. The van der Waals surface area contributed by atoms with Gasteiger partial charge in [0.1, 0.15) is 5.54 Å². The van der Waals surface area contributed by atoms with Crippen LogP contribution in [0.5, 0.6) is 0 Å². The minimum absolute atomic E-state index is 0.0322. The first-order valence-electron chi connectivity index (χ1n) is 8.50. The molecule has 3 rings (SSSR count).